The second-order valence-corrected chi connectivity index (χ2v) is 6.23. The summed E-state index contributed by atoms with van der Waals surface area (Å²) >= 11 is 0. The van der Waals surface area contributed by atoms with E-state index in [0.29, 0.717) is 5.69 Å². The van der Waals surface area contributed by atoms with E-state index in [1.807, 2.05) is 35.7 Å². The molecule has 126 valence electrons. The fourth-order valence-corrected chi connectivity index (χ4v) is 3.18. The highest BCUT2D eigenvalue weighted by molar-refractivity contribution is 6.06. The van der Waals surface area contributed by atoms with Crippen LogP contribution >= 0.6 is 0 Å². The van der Waals surface area contributed by atoms with Gasteiger partial charge in [-0.25, -0.2) is 9.78 Å². The van der Waals surface area contributed by atoms with Crippen molar-refractivity contribution in [1.29, 1.82) is 0 Å². The zero-order valence-corrected chi connectivity index (χ0v) is 13.9. The number of imidazole rings is 1. The van der Waals surface area contributed by atoms with Gasteiger partial charge in [-0.3, -0.25) is 14.7 Å². The van der Waals surface area contributed by atoms with E-state index in [1.54, 1.807) is 31.3 Å². The van der Waals surface area contributed by atoms with Crippen molar-refractivity contribution in [3.8, 4) is 0 Å². The van der Waals surface area contributed by atoms with Gasteiger partial charge in [0.15, 0.2) is 5.54 Å². The third-order valence-corrected chi connectivity index (χ3v) is 4.59. The van der Waals surface area contributed by atoms with Gasteiger partial charge in [-0.2, -0.15) is 0 Å². The van der Waals surface area contributed by atoms with Gasteiger partial charge < -0.3 is 9.72 Å². The van der Waals surface area contributed by atoms with E-state index in [-0.39, 0.29) is 12.5 Å². The zero-order valence-electron chi connectivity index (χ0n) is 13.9. The molecule has 0 spiro atoms. The lowest BCUT2D eigenvalue weighted by atomic mass is 9.97. The first-order chi connectivity index (χ1) is 12.0. The molecule has 0 aromatic carbocycles. The van der Waals surface area contributed by atoms with E-state index in [1.165, 1.54) is 4.90 Å². The number of rotatable bonds is 3. The SMILES string of the molecule is Cc1nc2ccccn2c1CN1C(=O)N[C@](C)(c2ccccn2)C1=O. The fourth-order valence-electron chi connectivity index (χ4n) is 3.18. The van der Waals surface area contributed by atoms with Crippen LogP contribution in [-0.4, -0.2) is 31.2 Å². The highest BCUT2D eigenvalue weighted by atomic mass is 16.2. The van der Waals surface area contributed by atoms with E-state index in [0.717, 1.165) is 17.0 Å². The molecule has 25 heavy (non-hydrogen) atoms. The maximum Gasteiger partial charge on any atom is 0.325 e. The quantitative estimate of drug-likeness (QED) is 0.743. The number of amides is 3. The van der Waals surface area contributed by atoms with Crippen molar-refractivity contribution in [2.24, 2.45) is 0 Å². The molecule has 3 amide bonds. The van der Waals surface area contributed by atoms with Gasteiger partial charge in [0.05, 0.1) is 23.6 Å². The van der Waals surface area contributed by atoms with Crippen LogP contribution in [0.15, 0.2) is 48.8 Å². The van der Waals surface area contributed by atoms with Crippen molar-refractivity contribution in [1.82, 2.24) is 24.6 Å². The van der Waals surface area contributed by atoms with Crippen molar-refractivity contribution in [2.75, 3.05) is 0 Å². The summed E-state index contributed by atoms with van der Waals surface area (Å²) in [6.07, 6.45) is 3.48. The highest BCUT2D eigenvalue weighted by Crippen LogP contribution is 2.28. The van der Waals surface area contributed by atoms with Crippen LogP contribution in [0.25, 0.3) is 5.65 Å². The summed E-state index contributed by atoms with van der Waals surface area (Å²) in [5.41, 5.74) is 1.75. The molecule has 0 radical (unpaired) electrons. The Morgan fingerprint density at radius 1 is 1.16 bits per heavy atom. The van der Waals surface area contributed by atoms with Gasteiger partial charge in [0.25, 0.3) is 5.91 Å². The Hall–Kier alpha value is -3.22. The standard InChI is InChI=1S/C18H17N5O2/c1-12-13(22-10-6-4-8-15(22)20-12)11-23-16(24)18(2,21-17(23)25)14-7-3-5-9-19-14/h3-10H,11H2,1-2H3,(H,21,25)/t18-/m1/s1. The monoisotopic (exact) mass is 335 g/mol. The van der Waals surface area contributed by atoms with Crippen molar-refractivity contribution >= 4 is 17.6 Å². The first-order valence-electron chi connectivity index (χ1n) is 7.99. The number of nitrogens with one attached hydrogen (secondary N) is 1. The molecule has 1 fully saturated rings. The maximum absolute atomic E-state index is 13.0. The zero-order chi connectivity index (χ0) is 17.6. The molecular weight excluding hydrogens is 318 g/mol. The van der Waals surface area contributed by atoms with Crippen LogP contribution in [0.1, 0.15) is 24.0 Å². The van der Waals surface area contributed by atoms with Gasteiger partial charge in [0.1, 0.15) is 5.65 Å². The minimum absolute atomic E-state index is 0.157. The largest absolute Gasteiger partial charge is 0.325 e. The number of carbonyl (C=O) groups excluding carboxylic acids is 2. The van der Waals surface area contributed by atoms with E-state index < -0.39 is 11.6 Å². The molecule has 1 N–H and O–H groups in total. The molecule has 0 aliphatic carbocycles. The Morgan fingerprint density at radius 2 is 1.96 bits per heavy atom. The Labute approximate surface area is 144 Å². The number of imide groups is 1. The third kappa shape index (κ3) is 2.27. The molecule has 4 heterocycles. The van der Waals surface area contributed by atoms with Gasteiger partial charge in [0.2, 0.25) is 0 Å². The molecule has 4 rings (SSSR count). The Balaban J connectivity index is 1.71. The highest BCUT2D eigenvalue weighted by Gasteiger charge is 2.50. The van der Waals surface area contributed by atoms with Crippen LogP contribution in [-0.2, 0) is 16.9 Å². The number of pyridine rings is 2. The number of hydrogen-bond acceptors (Lipinski definition) is 4. The molecule has 0 bridgehead atoms. The number of carbonyl (C=O) groups is 2. The molecule has 0 saturated carbocycles. The lowest BCUT2D eigenvalue weighted by Gasteiger charge is -2.21. The van der Waals surface area contributed by atoms with Crippen LogP contribution in [0, 0.1) is 6.92 Å². The second kappa shape index (κ2) is 5.41. The Bertz CT molecular complexity index is 982. The van der Waals surface area contributed by atoms with E-state index >= 15 is 0 Å². The smallest absolute Gasteiger partial charge is 0.318 e. The van der Waals surface area contributed by atoms with Crippen LogP contribution in [0.5, 0.6) is 0 Å². The van der Waals surface area contributed by atoms with Gasteiger partial charge in [-0.15, -0.1) is 0 Å². The van der Waals surface area contributed by atoms with Crippen molar-refractivity contribution in [3.63, 3.8) is 0 Å². The normalized spacial score (nSPS) is 20.3. The van der Waals surface area contributed by atoms with Crippen LogP contribution in [0.3, 0.4) is 0 Å². The maximum atomic E-state index is 13.0. The molecule has 7 heteroatoms. The Morgan fingerprint density at radius 3 is 2.72 bits per heavy atom. The van der Waals surface area contributed by atoms with Crippen molar-refractivity contribution in [2.45, 2.75) is 25.9 Å². The first-order valence-corrected chi connectivity index (χ1v) is 7.99. The topological polar surface area (TPSA) is 79.6 Å². The molecule has 1 saturated heterocycles. The average Bonchev–Trinajstić information content (AvgIpc) is 3.05. The molecule has 3 aromatic heterocycles. The van der Waals surface area contributed by atoms with E-state index in [9.17, 15) is 9.59 Å². The third-order valence-electron chi connectivity index (χ3n) is 4.59. The minimum Gasteiger partial charge on any atom is -0.318 e. The summed E-state index contributed by atoms with van der Waals surface area (Å²) in [6.45, 7) is 3.71. The molecule has 1 aliphatic rings. The summed E-state index contributed by atoms with van der Waals surface area (Å²) < 4.78 is 1.90. The number of nitrogens with zero attached hydrogens (tertiary/aromatic N) is 4. The number of hydrogen-bond donors (Lipinski definition) is 1. The van der Waals surface area contributed by atoms with Crippen molar-refractivity contribution < 1.29 is 9.59 Å². The minimum atomic E-state index is -1.16. The summed E-state index contributed by atoms with van der Waals surface area (Å²) in [5.74, 6) is -0.318. The second-order valence-electron chi connectivity index (χ2n) is 6.23. The van der Waals surface area contributed by atoms with Gasteiger partial charge in [0, 0.05) is 12.4 Å². The number of fused-ring (bicyclic) bond motifs is 1. The lowest BCUT2D eigenvalue weighted by molar-refractivity contribution is -0.131. The van der Waals surface area contributed by atoms with E-state index in [4.69, 9.17) is 0 Å². The van der Waals surface area contributed by atoms with Gasteiger partial charge in [-0.1, -0.05) is 12.1 Å². The van der Waals surface area contributed by atoms with Gasteiger partial charge >= 0.3 is 6.03 Å². The number of aromatic nitrogens is 3. The summed E-state index contributed by atoms with van der Waals surface area (Å²) in [5, 5.41) is 2.77. The van der Waals surface area contributed by atoms with E-state index in [2.05, 4.69) is 15.3 Å². The average molecular weight is 335 g/mol. The molecule has 7 nitrogen and oxygen atoms in total. The Kier molecular flexibility index (Phi) is 3.31. The fraction of sp³-hybridized carbons (Fsp3) is 0.222. The summed E-state index contributed by atoms with van der Waals surface area (Å²) in [4.78, 5) is 35.4. The number of aryl methyl sites for hydroxylation is 1. The summed E-state index contributed by atoms with van der Waals surface area (Å²) in [6, 6.07) is 10.6. The first kappa shape index (κ1) is 15.3. The van der Waals surface area contributed by atoms with Crippen LogP contribution < -0.4 is 5.32 Å². The lowest BCUT2D eigenvalue weighted by Crippen LogP contribution is -2.41. The number of urea groups is 1. The molecular formula is C18H17N5O2. The molecule has 1 aliphatic heterocycles. The predicted octanol–water partition coefficient (Wildman–Crippen LogP) is 2.00. The van der Waals surface area contributed by atoms with Gasteiger partial charge in [-0.05, 0) is 38.1 Å². The predicted molar refractivity (Wildman–Crippen MR) is 90.6 cm³/mol. The molecule has 0 unspecified atom stereocenters. The summed E-state index contributed by atoms with van der Waals surface area (Å²) in [7, 11) is 0. The van der Waals surface area contributed by atoms with Crippen molar-refractivity contribution in [3.05, 3.63) is 65.9 Å². The molecule has 3 aromatic rings. The van der Waals surface area contributed by atoms with Crippen LogP contribution in [0.4, 0.5) is 4.79 Å². The molecule has 1 atom stereocenters. The van der Waals surface area contributed by atoms with Crippen LogP contribution in [0.2, 0.25) is 0 Å².